The Morgan fingerprint density at radius 3 is 2.38 bits per heavy atom. The van der Waals surface area contributed by atoms with Gasteiger partial charge in [0.25, 0.3) is 0 Å². The Morgan fingerprint density at radius 1 is 1.10 bits per heavy atom. The van der Waals surface area contributed by atoms with E-state index in [0.29, 0.717) is 18.9 Å². The third kappa shape index (κ3) is 2.35. The van der Waals surface area contributed by atoms with Crippen molar-refractivity contribution in [2.24, 2.45) is 17.1 Å². The van der Waals surface area contributed by atoms with Crippen molar-refractivity contribution in [2.75, 3.05) is 6.54 Å². The SMILES string of the molecule is NCC1(C(=O)N2C(C(=O)O)CCC3CCCCC32)CCC1. The molecule has 5 nitrogen and oxygen atoms in total. The molecule has 3 atom stereocenters. The maximum atomic E-state index is 13.1. The fourth-order valence-corrected chi connectivity index (χ4v) is 4.55. The number of nitrogens with zero attached hydrogens (tertiary/aromatic N) is 1. The number of fused-ring (bicyclic) bond motifs is 1. The number of likely N-dealkylation sites (tertiary alicyclic amines) is 1. The molecule has 2 aliphatic carbocycles. The Hall–Kier alpha value is -1.10. The van der Waals surface area contributed by atoms with E-state index in [4.69, 9.17) is 5.73 Å². The summed E-state index contributed by atoms with van der Waals surface area (Å²) in [5.74, 6) is -0.327. The molecule has 2 saturated carbocycles. The number of rotatable bonds is 3. The third-order valence-electron chi connectivity index (χ3n) is 6.05. The zero-order valence-corrected chi connectivity index (χ0v) is 12.6. The van der Waals surface area contributed by atoms with Crippen LogP contribution >= 0.6 is 0 Å². The van der Waals surface area contributed by atoms with E-state index in [1.54, 1.807) is 4.90 Å². The van der Waals surface area contributed by atoms with Gasteiger partial charge in [0.05, 0.1) is 5.41 Å². The molecule has 118 valence electrons. The lowest BCUT2D eigenvalue weighted by atomic mass is 9.66. The molecule has 3 N–H and O–H groups in total. The van der Waals surface area contributed by atoms with Crippen LogP contribution in [0.1, 0.15) is 57.8 Å². The summed E-state index contributed by atoms with van der Waals surface area (Å²) in [4.78, 5) is 26.5. The van der Waals surface area contributed by atoms with Gasteiger partial charge in [-0.15, -0.1) is 0 Å². The summed E-state index contributed by atoms with van der Waals surface area (Å²) in [7, 11) is 0. The summed E-state index contributed by atoms with van der Waals surface area (Å²) in [6, 6.07) is -0.508. The Morgan fingerprint density at radius 2 is 1.81 bits per heavy atom. The lowest BCUT2D eigenvalue weighted by molar-refractivity contribution is -0.167. The monoisotopic (exact) mass is 294 g/mol. The minimum Gasteiger partial charge on any atom is -0.480 e. The van der Waals surface area contributed by atoms with Crippen molar-refractivity contribution in [1.29, 1.82) is 0 Å². The molecule has 1 saturated heterocycles. The van der Waals surface area contributed by atoms with Gasteiger partial charge in [0, 0.05) is 12.6 Å². The lowest BCUT2D eigenvalue weighted by Gasteiger charge is -2.52. The van der Waals surface area contributed by atoms with E-state index in [0.717, 1.165) is 44.9 Å². The number of carboxylic acids is 1. The molecule has 3 aliphatic rings. The van der Waals surface area contributed by atoms with Crippen LogP contribution in [-0.2, 0) is 9.59 Å². The molecule has 0 radical (unpaired) electrons. The Labute approximate surface area is 125 Å². The van der Waals surface area contributed by atoms with Gasteiger partial charge in [0.1, 0.15) is 6.04 Å². The van der Waals surface area contributed by atoms with Crippen LogP contribution in [0, 0.1) is 11.3 Å². The van der Waals surface area contributed by atoms with Crippen LogP contribution in [0.4, 0.5) is 0 Å². The molecule has 21 heavy (non-hydrogen) atoms. The normalized spacial score (nSPS) is 34.7. The summed E-state index contributed by atoms with van der Waals surface area (Å²) < 4.78 is 0. The van der Waals surface area contributed by atoms with Crippen LogP contribution in [0.5, 0.6) is 0 Å². The van der Waals surface area contributed by atoms with E-state index in [9.17, 15) is 14.7 Å². The molecule has 0 aromatic carbocycles. The predicted molar refractivity (Wildman–Crippen MR) is 78.6 cm³/mol. The van der Waals surface area contributed by atoms with Crippen LogP contribution in [0.25, 0.3) is 0 Å². The minimum atomic E-state index is -0.848. The van der Waals surface area contributed by atoms with Crippen molar-refractivity contribution in [2.45, 2.75) is 69.9 Å². The van der Waals surface area contributed by atoms with Crippen LogP contribution in [0.2, 0.25) is 0 Å². The van der Waals surface area contributed by atoms with E-state index in [2.05, 4.69) is 0 Å². The van der Waals surface area contributed by atoms with Crippen LogP contribution in [0.3, 0.4) is 0 Å². The Balaban J connectivity index is 1.88. The van der Waals surface area contributed by atoms with E-state index < -0.39 is 17.4 Å². The molecule has 3 fully saturated rings. The van der Waals surface area contributed by atoms with Gasteiger partial charge in [-0.05, 0) is 44.4 Å². The van der Waals surface area contributed by atoms with Gasteiger partial charge in [-0.2, -0.15) is 0 Å². The molecular weight excluding hydrogens is 268 g/mol. The van der Waals surface area contributed by atoms with Gasteiger partial charge < -0.3 is 15.7 Å². The molecular formula is C16H26N2O3. The quantitative estimate of drug-likeness (QED) is 0.830. The number of aliphatic carboxylic acids is 1. The molecule has 3 rings (SSSR count). The molecule has 1 aliphatic heterocycles. The molecule has 0 spiro atoms. The number of carbonyl (C=O) groups excluding carboxylic acids is 1. The Kier molecular flexibility index (Phi) is 3.95. The van der Waals surface area contributed by atoms with E-state index >= 15 is 0 Å². The van der Waals surface area contributed by atoms with Crippen molar-refractivity contribution in [3.8, 4) is 0 Å². The predicted octanol–water partition coefficient (Wildman–Crippen LogP) is 1.75. The van der Waals surface area contributed by atoms with Crippen molar-refractivity contribution in [3.05, 3.63) is 0 Å². The summed E-state index contributed by atoms with van der Waals surface area (Å²) in [5.41, 5.74) is 5.41. The number of amides is 1. The average Bonchev–Trinajstić information content (AvgIpc) is 2.45. The second-order valence-corrected chi connectivity index (χ2v) is 7.09. The molecule has 0 aromatic rings. The van der Waals surface area contributed by atoms with Crippen molar-refractivity contribution < 1.29 is 14.7 Å². The molecule has 0 bridgehead atoms. The maximum Gasteiger partial charge on any atom is 0.326 e. The van der Waals surface area contributed by atoms with Gasteiger partial charge in [0.15, 0.2) is 0 Å². The first-order chi connectivity index (χ1) is 10.1. The zero-order valence-electron chi connectivity index (χ0n) is 12.6. The number of nitrogens with two attached hydrogens (primary N) is 1. The lowest BCUT2D eigenvalue weighted by Crippen LogP contribution is -2.63. The van der Waals surface area contributed by atoms with Crippen LogP contribution in [-0.4, -0.2) is 40.5 Å². The first kappa shape index (κ1) is 14.8. The summed E-state index contributed by atoms with van der Waals surface area (Å²) in [6.07, 6.45) is 8.63. The Bertz CT molecular complexity index is 428. The fraction of sp³-hybridized carbons (Fsp3) is 0.875. The molecule has 0 aromatic heterocycles. The summed E-state index contributed by atoms with van der Waals surface area (Å²) in [6.45, 7) is 0.353. The van der Waals surface area contributed by atoms with Crippen LogP contribution < -0.4 is 5.73 Å². The maximum absolute atomic E-state index is 13.1. The number of hydrogen-bond donors (Lipinski definition) is 2. The smallest absolute Gasteiger partial charge is 0.326 e. The highest BCUT2D eigenvalue weighted by molar-refractivity contribution is 5.89. The fourth-order valence-electron chi connectivity index (χ4n) is 4.55. The number of carbonyl (C=O) groups is 2. The van der Waals surface area contributed by atoms with Crippen molar-refractivity contribution in [1.82, 2.24) is 4.90 Å². The van der Waals surface area contributed by atoms with Crippen molar-refractivity contribution in [3.63, 3.8) is 0 Å². The molecule has 3 unspecified atom stereocenters. The van der Waals surface area contributed by atoms with E-state index in [-0.39, 0.29) is 11.9 Å². The zero-order chi connectivity index (χ0) is 15.0. The van der Waals surface area contributed by atoms with Gasteiger partial charge in [-0.1, -0.05) is 19.3 Å². The first-order valence-electron chi connectivity index (χ1n) is 8.35. The topological polar surface area (TPSA) is 83.6 Å². The van der Waals surface area contributed by atoms with Crippen molar-refractivity contribution >= 4 is 11.9 Å². The van der Waals surface area contributed by atoms with Gasteiger partial charge in [-0.25, -0.2) is 4.79 Å². The minimum absolute atomic E-state index is 0.0280. The summed E-state index contributed by atoms with van der Waals surface area (Å²) in [5, 5.41) is 9.55. The average molecular weight is 294 g/mol. The first-order valence-corrected chi connectivity index (χ1v) is 8.35. The van der Waals surface area contributed by atoms with Gasteiger partial charge in [0.2, 0.25) is 5.91 Å². The molecule has 1 heterocycles. The van der Waals surface area contributed by atoms with Gasteiger partial charge >= 0.3 is 5.97 Å². The highest BCUT2D eigenvalue weighted by Crippen LogP contribution is 2.46. The highest BCUT2D eigenvalue weighted by atomic mass is 16.4. The molecule has 1 amide bonds. The third-order valence-corrected chi connectivity index (χ3v) is 6.05. The highest BCUT2D eigenvalue weighted by Gasteiger charge is 2.52. The summed E-state index contributed by atoms with van der Waals surface area (Å²) >= 11 is 0. The van der Waals surface area contributed by atoms with E-state index in [1.165, 1.54) is 6.42 Å². The molecule has 5 heteroatoms. The van der Waals surface area contributed by atoms with E-state index in [1.807, 2.05) is 0 Å². The second kappa shape index (κ2) is 5.59. The van der Waals surface area contributed by atoms with Gasteiger partial charge in [-0.3, -0.25) is 4.79 Å². The number of hydrogen-bond acceptors (Lipinski definition) is 3. The van der Waals surface area contributed by atoms with Crippen LogP contribution in [0.15, 0.2) is 0 Å². The number of carboxylic acid groups (broad SMARTS) is 1. The standard InChI is InChI=1S/C16H26N2O3/c17-10-16(8-3-9-16)15(21)18-12-5-2-1-4-11(12)6-7-13(18)14(19)20/h11-13H,1-10,17H2,(H,19,20). The second-order valence-electron chi connectivity index (χ2n) is 7.09. The number of piperidine rings is 1. The largest absolute Gasteiger partial charge is 0.480 e.